The second-order valence-electron chi connectivity index (χ2n) is 2.94. The molecule has 86 valence electrons. The van der Waals surface area contributed by atoms with Crippen LogP contribution >= 0.6 is 0 Å². The summed E-state index contributed by atoms with van der Waals surface area (Å²) >= 11 is 0. The normalized spacial score (nSPS) is 15.5. The lowest BCUT2D eigenvalue weighted by molar-refractivity contribution is 0.0484. The highest BCUT2D eigenvalue weighted by Crippen LogP contribution is 2.10. The van der Waals surface area contributed by atoms with Gasteiger partial charge in [-0.1, -0.05) is 6.92 Å². The molecular weight excluding hydrogens is 214 g/mol. The molecule has 0 aliphatic rings. The van der Waals surface area contributed by atoms with Crippen molar-refractivity contribution < 1.29 is 28.3 Å². The Hall–Kier alpha value is -0.250. The van der Waals surface area contributed by atoms with Gasteiger partial charge in [-0.2, -0.15) is 0 Å². The van der Waals surface area contributed by atoms with Crippen molar-refractivity contribution in [2.75, 3.05) is 13.2 Å². The summed E-state index contributed by atoms with van der Waals surface area (Å²) in [7, 11) is -4.89. The molecule has 8 heteroatoms. The van der Waals surface area contributed by atoms with Crippen LogP contribution in [0.15, 0.2) is 0 Å². The van der Waals surface area contributed by atoms with Crippen molar-refractivity contribution in [3.05, 3.63) is 0 Å². The summed E-state index contributed by atoms with van der Waals surface area (Å²) in [6, 6.07) is 0. The maximum atomic E-state index is 10.3. The minimum Gasteiger partial charge on any atom is -0.745 e. The van der Waals surface area contributed by atoms with Crippen LogP contribution in [0.3, 0.4) is 0 Å². The molecule has 0 aliphatic carbocycles. The van der Waals surface area contributed by atoms with Crippen molar-refractivity contribution in [1.29, 1.82) is 0 Å². The first-order chi connectivity index (χ1) is 6.31. The zero-order valence-corrected chi connectivity index (χ0v) is 8.49. The lowest BCUT2D eigenvalue weighted by Crippen LogP contribution is -2.57. The van der Waals surface area contributed by atoms with E-state index >= 15 is 0 Å². The first kappa shape index (κ1) is 13.8. The van der Waals surface area contributed by atoms with Crippen LogP contribution in [-0.4, -0.2) is 52.6 Å². The molecule has 4 N–H and O–H groups in total. The molecule has 0 aliphatic heterocycles. The quantitative estimate of drug-likeness (QED) is 0.293. The standard InChI is InChI=1S/C6H15NO6S/c1-2-6(3-8,4-9)7-5(10)14(11,12)13/h5,7-10H,2-4H2,1H3,(H,11,12,13)/p-1. The minimum atomic E-state index is -4.89. The number of aliphatic hydroxyl groups excluding tert-OH is 3. The molecule has 0 aromatic rings. The third kappa shape index (κ3) is 3.48. The summed E-state index contributed by atoms with van der Waals surface area (Å²) in [5, 5.41) is 28.6. The first-order valence-electron chi connectivity index (χ1n) is 3.93. The van der Waals surface area contributed by atoms with Crippen LogP contribution in [0, 0.1) is 0 Å². The van der Waals surface area contributed by atoms with E-state index < -0.39 is 34.4 Å². The summed E-state index contributed by atoms with van der Waals surface area (Å²) < 4.78 is 31.0. The maximum absolute atomic E-state index is 10.3. The molecule has 0 saturated carbocycles. The van der Waals surface area contributed by atoms with Gasteiger partial charge in [-0.25, -0.2) is 8.42 Å². The minimum absolute atomic E-state index is 0.159. The molecule has 0 fully saturated rings. The van der Waals surface area contributed by atoms with Gasteiger partial charge >= 0.3 is 0 Å². The summed E-state index contributed by atoms with van der Waals surface area (Å²) in [6.45, 7) is 0.378. The van der Waals surface area contributed by atoms with Crippen molar-refractivity contribution in [2.45, 2.75) is 24.4 Å². The van der Waals surface area contributed by atoms with Crippen molar-refractivity contribution >= 4 is 10.1 Å². The molecule has 0 radical (unpaired) electrons. The van der Waals surface area contributed by atoms with Gasteiger partial charge in [-0.05, 0) is 6.42 Å². The largest absolute Gasteiger partial charge is 0.745 e. The van der Waals surface area contributed by atoms with Gasteiger partial charge in [-0.15, -0.1) is 0 Å². The predicted molar refractivity (Wildman–Crippen MR) is 46.0 cm³/mol. The van der Waals surface area contributed by atoms with Gasteiger partial charge in [0.05, 0.1) is 18.8 Å². The van der Waals surface area contributed by atoms with Gasteiger partial charge in [0.15, 0.2) is 5.56 Å². The highest BCUT2D eigenvalue weighted by atomic mass is 32.2. The predicted octanol–water partition coefficient (Wildman–Crippen LogP) is -2.47. The van der Waals surface area contributed by atoms with Crippen LogP contribution in [-0.2, 0) is 10.1 Å². The maximum Gasteiger partial charge on any atom is 0.198 e. The number of aliphatic hydroxyl groups is 3. The highest BCUT2D eigenvalue weighted by Gasteiger charge is 2.30. The molecule has 14 heavy (non-hydrogen) atoms. The summed E-state index contributed by atoms with van der Waals surface area (Å²) in [4.78, 5) is 0. The second kappa shape index (κ2) is 5.01. The van der Waals surface area contributed by atoms with Crippen LogP contribution in [0.4, 0.5) is 0 Å². The average molecular weight is 228 g/mol. The smallest absolute Gasteiger partial charge is 0.198 e. The molecular formula is C6H14NO6S-. The Morgan fingerprint density at radius 1 is 1.43 bits per heavy atom. The molecule has 7 nitrogen and oxygen atoms in total. The Morgan fingerprint density at radius 3 is 2.07 bits per heavy atom. The van der Waals surface area contributed by atoms with E-state index in [2.05, 4.69) is 0 Å². The van der Waals surface area contributed by atoms with E-state index in [-0.39, 0.29) is 6.42 Å². The Balaban J connectivity index is 4.61. The van der Waals surface area contributed by atoms with Crippen LogP contribution in [0.5, 0.6) is 0 Å². The van der Waals surface area contributed by atoms with Crippen LogP contribution in [0.25, 0.3) is 0 Å². The van der Waals surface area contributed by atoms with Gasteiger partial charge in [0.1, 0.15) is 10.1 Å². The van der Waals surface area contributed by atoms with Crippen LogP contribution in [0.2, 0.25) is 0 Å². The number of rotatable bonds is 6. The van der Waals surface area contributed by atoms with E-state index in [0.717, 1.165) is 0 Å². The topological polar surface area (TPSA) is 130 Å². The Morgan fingerprint density at radius 2 is 1.86 bits per heavy atom. The fourth-order valence-electron chi connectivity index (χ4n) is 0.801. The third-order valence-corrected chi connectivity index (χ3v) is 2.65. The molecule has 0 rings (SSSR count). The van der Waals surface area contributed by atoms with E-state index in [1.54, 1.807) is 6.92 Å². The van der Waals surface area contributed by atoms with E-state index in [1.165, 1.54) is 0 Å². The van der Waals surface area contributed by atoms with Gasteiger partial charge in [0, 0.05) is 0 Å². The van der Waals surface area contributed by atoms with Crippen LogP contribution in [0.1, 0.15) is 13.3 Å². The molecule has 0 heterocycles. The van der Waals surface area contributed by atoms with Crippen molar-refractivity contribution in [2.24, 2.45) is 0 Å². The van der Waals surface area contributed by atoms with Crippen molar-refractivity contribution in [1.82, 2.24) is 5.32 Å². The molecule has 0 saturated heterocycles. The summed E-state index contributed by atoms with van der Waals surface area (Å²) in [6.07, 6.45) is 0.159. The summed E-state index contributed by atoms with van der Waals surface area (Å²) in [5.41, 5.74) is -3.70. The van der Waals surface area contributed by atoms with Crippen molar-refractivity contribution in [3.8, 4) is 0 Å². The van der Waals surface area contributed by atoms with Crippen LogP contribution < -0.4 is 5.32 Å². The molecule has 1 unspecified atom stereocenters. The van der Waals surface area contributed by atoms with Gasteiger partial charge in [0.2, 0.25) is 0 Å². The van der Waals surface area contributed by atoms with E-state index in [1.807, 2.05) is 5.32 Å². The lowest BCUT2D eigenvalue weighted by atomic mass is 9.99. The highest BCUT2D eigenvalue weighted by molar-refractivity contribution is 7.86. The van der Waals surface area contributed by atoms with E-state index in [9.17, 15) is 13.0 Å². The first-order valence-corrected chi connectivity index (χ1v) is 5.40. The SMILES string of the molecule is CCC(CO)(CO)NC(O)S(=O)(=O)[O-]. The monoisotopic (exact) mass is 228 g/mol. The average Bonchev–Trinajstić information content (AvgIpc) is 2.12. The number of hydrogen-bond donors (Lipinski definition) is 4. The van der Waals surface area contributed by atoms with Gasteiger partial charge in [-0.3, -0.25) is 5.32 Å². The zero-order chi connectivity index (χ0) is 11.4. The number of hydrogen-bond acceptors (Lipinski definition) is 7. The van der Waals surface area contributed by atoms with Gasteiger partial charge < -0.3 is 19.9 Å². The molecule has 0 bridgehead atoms. The second-order valence-corrected chi connectivity index (χ2v) is 4.37. The molecule has 1 atom stereocenters. The molecule has 0 spiro atoms. The van der Waals surface area contributed by atoms with Gasteiger partial charge in [0.25, 0.3) is 0 Å². The lowest BCUT2D eigenvalue weighted by Gasteiger charge is -2.33. The Labute approximate surface area is 82.1 Å². The fourth-order valence-corrected chi connectivity index (χ4v) is 1.20. The molecule has 0 aromatic heterocycles. The molecule has 0 amide bonds. The Kier molecular flexibility index (Phi) is 4.92. The van der Waals surface area contributed by atoms with E-state index in [4.69, 9.17) is 15.3 Å². The van der Waals surface area contributed by atoms with Crippen molar-refractivity contribution in [3.63, 3.8) is 0 Å². The fraction of sp³-hybridized carbons (Fsp3) is 1.00. The molecule has 0 aromatic carbocycles. The van der Waals surface area contributed by atoms with E-state index in [0.29, 0.717) is 0 Å². The third-order valence-electron chi connectivity index (χ3n) is 1.99. The summed E-state index contributed by atoms with van der Waals surface area (Å²) in [5.74, 6) is 0. The zero-order valence-electron chi connectivity index (χ0n) is 7.67. The number of nitrogens with one attached hydrogen (secondary N) is 1. The Bertz CT molecular complexity index is 251.